The summed E-state index contributed by atoms with van der Waals surface area (Å²) in [4.78, 5) is 12.2. The summed E-state index contributed by atoms with van der Waals surface area (Å²) in [5.74, 6) is 0. The highest BCUT2D eigenvalue weighted by molar-refractivity contribution is 6.62. The summed E-state index contributed by atoms with van der Waals surface area (Å²) in [5.41, 5.74) is 1.24. The molecule has 0 saturated heterocycles. The molecular weight excluding hydrogens is 257 g/mol. The van der Waals surface area contributed by atoms with Crippen LogP contribution in [0.2, 0.25) is 0 Å². The molecule has 2 N–H and O–H groups in total. The van der Waals surface area contributed by atoms with Gasteiger partial charge in [-0.1, -0.05) is 12.1 Å². The van der Waals surface area contributed by atoms with Gasteiger partial charge in [0.15, 0.2) is 0 Å². The minimum atomic E-state index is -1.64. The van der Waals surface area contributed by atoms with E-state index in [-0.39, 0.29) is 5.46 Å². The fourth-order valence-corrected chi connectivity index (χ4v) is 2.03. The number of carbonyl (C=O) groups is 1. The van der Waals surface area contributed by atoms with Crippen LogP contribution in [0, 0.1) is 6.92 Å². The summed E-state index contributed by atoms with van der Waals surface area (Å²) >= 11 is 0. The molecule has 2 rings (SSSR count). The molecule has 0 aliphatic rings. The van der Waals surface area contributed by atoms with Crippen molar-refractivity contribution in [2.24, 2.45) is 0 Å². The van der Waals surface area contributed by atoms with Gasteiger partial charge in [0.2, 0.25) is 0 Å². The first-order valence-corrected chi connectivity index (χ1v) is 6.40. The van der Waals surface area contributed by atoms with E-state index in [1.807, 2.05) is 19.1 Å². The van der Waals surface area contributed by atoms with Crippen LogP contribution in [0.3, 0.4) is 0 Å². The Kier molecular flexibility index (Phi) is 3.62. The van der Waals surface area contributed by atoms with Crippen molar-refractivity contribution in [1.29, 1.82) is 0 Å². The number of hydrogen-bond acceptors (Lipinski definition) is 4. The van der Waals surface area contributed by atoms with E-state index in [1.54, 1.807) is 26.8 Å². The molecule has 5 nitrogen and oxygen atoms in total. The van der Waals surface area contributed by atoms with Crippen molar-refractivity contribution in [2.45, 2.75) is 33.3 Å². The number of fused-ring (bicyclic) bond motifs is 1. The monoisotopic (exact) mass is 275 g/mol. The molecule has 0 aliphatic heterocycles. The first-order valence-electron chi connectivity index (χ1n) is 6.40. The van der Waals surface area contributed by atoms with E-state index in [4.69, 9.17) is 4.74 Å². The molecule has 0 unspecified atom stereocenters. The molecular formula is C14H18BNO4. The van der Waals surface area contributed by atoms with Gasteiger partial charge in [0.25, 0.3) is 0 Å². The number of carbonyl (C=O) groups excluding carboxylic acids is 1. The van der Waals surface area contributed by atoms with Crippen LogP contribution < -0.4 is 5.46 Å². The molecule has 0 radical (unpaired) electrons. The van der Waals surface area contributed by atoms with Crippen LogP contribution in [0.15, 0.2) is 24.4 Å². The molecule has 106 valence electrons. The van der Waals surface area contributed by atoms with E-state index in [0.29, 0.717) is 10.9 Å². The van der Waals surface area contributed by atoms with Gasteiger partial charge in [0, 0.05) is 11.7 Å². The van der Waals surface area contributed by atoms with Crippen molar-refractivity contribution in [3.8, 4) is 0 Å². The van der Waals surface area contributed by atoms with E-state index in [9.17, 15) is 14.8 Å². The quantitative estimate of drug-likeness (QED) is 0.772. The number of aromatic nitrogens is 1. The lowest BCUT2D eigenvalue weighted by Gasteiger charge is -2.19. The zero-order valence-electron chi connectivity index (χ0n) is 12.0. The molecule has 0 atom stereocenters. The Hall–Kier alpha value is -1.79. The fourth-order valence-electron chi connectivity index (χ4n) is 2.03. The van der Waals surface area contributed by atoms with Gasteiger partial charge in [0.1, 0.15) is 5.60 Å². The molecule has 2 aromatic rings. The van der Waals surface area contributed by atoms with Crippen molar-refractivity contribution < 1.29 is 19.6 Å². The number of ether oxygens (including phenoxy) is 1. The van der Waals surface area contributed by atoms with Gasteiger partial charge in [-0.25, -0.2) is 4.79 Å². The van der Waals surface area contributed by atoms with E-state index >= 15 is 0 Å². The zero-order valence-corrected chi connectivity index (χ0v) is 12.0. The molecule has 0 saturated carbocycles. The van der Waals surface area contributed by atoms with Gasteiger partial charge in [-0.15, -0.1) is 0 Å². The first kappa shape index (κ1) is 14.6. The third kappa shape index (κ3) is 2.86. The van der Waals surface area contributed by atoms with Crippen LogP contribution in [0.25, 0.3) is 10.9 Å². The summed E-state index contributed by atoms with van der Waals surface area (Å²) in [6.45, 7) is 7.25. The number of hydrogen-bond donors (Lipinski definition) is 2. The lowest BCUT2D eigenvalue weighted by molar-refractivity contribution is 0.0544. The Bertz CT molecular complexity index is 655. The minimum Gasteiger partial charge on any atom is -0.443 e. The maximum Gasteiger partial charge on any atom is 0.490 e. The Morgan fingerprint density at radius 2 is 1.95 bits per heavy atom. The predicted molar refractivity (Wildman–Crippen MR) is 78.1 cm³/mol. The SMILES string of the molecule is Cc1ccc2c(B(O)O)cn(C(=O)OC(C)(C)C)c2c1. The highest BCUT2D eigenvalue weighted by atomic mass is 16.6. The Labute approximate surface area is 117 Å². The van der Waals surface area contributed by atoms with E-state index in [2.05, 4.69) is 0 Å². The summed E-state index contributed by atoms with van der Waals surface area (Å²) in [5, 5.41) is 19.4. The molecule has 0 bridgehead atoms. The van der Waals surface area contributed by atoms with Crippen LogP contribution in [0.4, 0.5) is 4.79 Å². The van der Waals surface area contributed by atoms with Gasteiger partial charge in [0.05, 0.1) is 5.52 Å². The summed E-state index contributed by atoms with van der Waals surface area (Å²) in [6.07, 6.45) is 0.864. The highest BCUT2D eigenvalue weighted by Gasteiger charge is 2.24. The third-order valence-electron chi connectivity index (χ3n) is 2.86. The fraction of sp³-hybridized carbons (Fsp3) is 0.357. The second-order valence-corrected chi connectivity index (χ2v) is 5.83. The predicted octanol–water partition coefficient (Wildman–Crippen LogP) is 1.41. The molecule has 20 heavy (non-hydrogen) atoms. The van der Waals surface area contributed by atoms with Gasteiger partial charge in [-0.05, 0) is 44.7 Å². The maximum absolute atomic E-state index is 12.2. The van der Waals surface area contributed by atoms with Crippen molar-refractivity contribution in [3.05, 3.63) is 30.0 Å². The Morgan fingerprint density at radius 1 is 1.30 bits per heavy atom. The number of aryl methyl sites for hydroxylation is 1. The van der Waals surface area contributed by atoms with E-state index in [0.717, 1.165) is 5.56 Å². The van der Waals surface area contributed by atoms with Crippen LogP contribution in [-0.2, 0) is 4.74 Å². The van der Waals surface area contributed by atoms with Gasteiger partial charge in [-0.3, -0.25) is 4.57 Å². The van der Waals surface area contributed by atoms with Crippen molar-refractivity contribution in [2.75, 3.05) is 0 Å². The molecule has 6 heteroatoms. The smallest absolute Gasteiger partial charge is 0.443 e. The minimum absolute atomic E-state index is 0.283. The molecule has 1 aromatic heterocycles. The maximum atomic E-state index is 12.2. The Morgan fingerprint density at radius 3 is 2.50 bits per heavy atom. The number of benzene rings is 1. The largest absolute Gasteiger partial charge is 0.490 e. The van der Waals surface area contributed by atoms with E-state index < -0.39 is 18.8 Å². The summed E-state index contributed by atoms with van der Waals surface area (Å²) in [6, 6.07) is 5.43. The van der Waals surface area contributed by atoms with Crippen molar-refractivity contribution >= 4 is 29.6 Å². The topological polar surface area (TPSA) is 71.7 Å². The van der Waals surface area contributed by atoms with Gasteiger partial charge in [-0.2, -0.15) is 0 Å². The Balaban J connectivity index is 2.58. The highest BCUT2D eigenvalue weighted by Crippen LogP contribution is 2.18. The lowest BCUT2D eigenvalue weighted by atomic mass is 9.80. The number of nitrogens with zero attached hydrogens (tertiary/aromatic N) is 1. The number of rotatable bonds is 1. The van der Waals surface area contributed by atoms with Crippen LogP contribution in [0.5, 0.6) is 0 Å². The molecule has 0 aliphatic carbocycles. The molecule has 1 heterocycles. The first-order chi connectivity index (χ1) is 9.19. The second-order valence-electron chi connectivity index (χ2n) is 5.83. The summed E-state index contributed by atoms with van der Waals surface area (Å²) in [7, 11) is -1.64. The normalized spacial score (nSPS) is 11.7. The van der Waals surface area contributed by atoms with Gasteiger partial charge >= 0.3 is 13.2 Å². The van der Waals surface area contributed by atoms with Gasteiger partial charge < -0.3 is 14.8 Å². The average Bonchev–Trinajstić information content (AvgIpc) is 2.65. The zero-order chi connectivity index (χ0) is 15.1. The average molecular weight is 275 g/mol. The van der Waals surface area contributed by atoms with E-state index in [1.165, 1.54) is 10.8 Å². The van der Waals surface area contributed by atoms with Crippen LogP contribution >= 0.6 is 0 Å². The second kappa shape index (κ2) is 4.96. The molecule has 0 amide bonds. The van der Waals surface area contributed by atoms with Crippen molar-refractivity contribution in [3.63, 3.8) is 0 Å². The van der Waals surface area contributed by atoms with Crippen molar-refractivity contribution in [1.82, 2.24) is 4.57 Å². The van der Waals surface area contributed by atoms with Crippen LogP contribution in [0.1, 0.15) is 26.3 Å². The standard InChI is InChI=1S/C14H18BNO4/c1-9-5-6-10-11(15(18)19)8-16(12(10)7-9)13(17)20-14(2,3)4/h5-8,18-19H,1-4H3. The third-order valence-corrected chi connectivity index (χ3v) is 2.86. The molecule has 1 aromatic carbocycles. The molecule has 0 fully saturated rings. The van der Waals surface area contributed by atoms with Crippen LogP contribution in [-0.4, -0.2) is 33.4 Å². The molecule has 0 spiro atoms. The lowest BCUT2D eigenvalue weighted by Crippen LogP contribution is -2.30. The summed E-state index contributed by atoms with van der Waals surface area (Å²) < 4.78 is 6.63.